The third-order valence-corrected chi connectivity index (χ3v) is 3.81. The first-order valence-electron chi connectivity index (χ1n) is 8.47. The van der Waals surface area contributed by atoms with Crippen LogP contribution < -0.4 is 10.5 Å². The Morgan fingerprint density at radius 1 is 1.07 bits per heavy atom. The normalized spacial score (nSPS) is 10.6. The largest absolute Gasteiger partial charge is 0.489 e. The second kappa shape index (κ2) is 8.89. The Morgan fingerprint density at radius 3 is 2.15 bits per heavy atom. The molecule has 27 heavy (non-hydrogen) atoms. The lowest BCUT2D eigenvalue weighted by Gasteiger charge is -2.19. The van der Waals surface area contributed by atoms with Gasteiger partial charge in [-0.1, -0.05) is 50.2 Å². The Kier molecular flexibility index (Phi) is 6.60. The number of benzene rings is 2. The average Bonchev–Trinajstić information content (AvgIpc) is 3.14. The molecule has 1 heterocycles. The lowest BCUT2D eigenvalue weighted by atomic mass is 9.87. The summed E-state index contributed by atoms with van der Waals surface area (Å²) in [6, 6.07) is 18.3. The van der Waals surface area contributed by atoms with Gasteiger partial charge in [0, 0.05) is 11.6 Å². The minimum absolute atomic E-state index is 0.177. The van der Waals surface area contributed by atoms with E-state index in [0.717, 1.165) is 17.0 Å². The van der Waals surface area contributed by atoms with Gasteiger partial charge in [0.15, 0.2) is 0 Å². The van der Waals surface area contributed by atoms with Crippen molar-refractivity contribution in [3.05, 3.63) is 72.0 Å². The molecular formula is C21H24N2O4. The summed E-state index contributed by atoms with van der Waals surface area (Å²) in [7, 11) is 0. The predicted octanol–water partition coefficient (Wildman–Crippen LogP) is 4.84. The summed E-state index contributed by atoms with van der Waals surface area (Å²) in [5.74, 6) is 0.845. The van der Waals surface area contributed by atoms with Crippen molar-refractivity contribution in [3.8, 4) is 17.0 Å². The van der Waals surface area contributed by atoms with Gasteiger partial charge in [-0.3, -0.25) is 0 Å². The van der Waals surface area contributed by atoms with Gasteiger partial charge in [-0.25, -0.2) is 4.79 Å². The number of rotatable bonds is 4. The Morgan fingerprint density at radius 2 is 1.67 bits per heavy atom. The molecule has 0 spiro atoms. The quantitative estimate of drug-likeness (QED) is 0.686. The van der Waals surface area contributed by atoms with Gasteiger partial charge in [0.2, 0.25) is 0 Å². The fraction of sp³-hybridized carbons (Fsp3) is 0.238. The van der Waals surface area contributed by atoms with E-state index in [1.165, 1.54) is 11.1 Å². The zero-order chi connectivity index (χ0) is 19.9. The van der Waals surface area contributed by atoms with E-state index in [2.05, 4.69) is 55.9 Å². The predicted molar refractivity (Wildman–Crippen MR) is 104 cm³/mol. The maximum atomic E-state index is 8.78. The van der Waals surface area contributed by atoms with Gasteiger partial charge in [0.05, 0.1) is 0 Å². The van der Waals surface area contributed by atoms with E-state index in [0.29, 0.717) is 6.61 Å². The minimum atomic E-state index is -1.33. The third kappa shape index (κ3) is 6.51. The van der Waals surface area contributed by atoms with Crippen LogP contribution in [0.4, 0.5) is 4.79 Å². The van der Waals surface area contributed by atoms with Crippen LogP contribution in [0, 0.1) is 0 Å². The van der Waals surface area contributed by atoms with Crippen molar-refractivity contribution in [2.24, 2.45) is 5.73 Å². The molecule has 0 aliphatic rings. The molecular weight excluding hydrogens is 344 g/mol. The van der Waals surface area contributed by atoms with Gasteiger partial charge in [-0.2, -0.15) is 0 Å². The molecule has 3 N–H and O–H groups in total. The molecule has 0 saturated heterocycles. The van der Waals surface area contributed by atoms with Crippen molar-refractivity contribution in [1.29, 1.82) is 0 Å². The average molecular weight is 368 g/mol. The summed E-state index contributed by atoms with van der Waals surface area (Å²) in [5, 5.41) is 11.1. The second-order valence-corrected chi connectivity index (χ2v) is 6.98. The summed E-state index contributed by atoms with van der Waals surface area (Å²) >= 11 is 0. The molecule has 0 fully saturated rings. The Labute approximate surface area is 158 Å². The molecule has 0 aliphatic carbocycles. The van der Waals surface area contributed by atoms with Gasteiger partial charge in [0.1, 0.15) is 24.3 Å². The molecule has 0 radical (unpaired) electrons. The van der Waals surface area contributed by atoms with Crippen LogP contribution in [0.25, 0.3) is 11.3 Å². The molecule has 2 aromatic carbocycles. The molecule has 1 amide bonds. The van der Waals surface area contributed by atoms with E-state index >= 15 is 0 Å². The number of nitrogens with zero attached hydrogens (tertiary/aromatic N) is 1. The van der Waals surface area contributed by atoms with Crippen LogP contribution in [0.2, 0.25) is 0 Å². The number of hydrogen-bond acceptors (Lipinski definition) is 4. The first kappa shape index (κ1) is 20.0. The van der Waals surface area contributed by atoms with Crippen LogP contribution in [0.3, 0.4) is 0 Å². The van der Waals surface area contributed by atoms with E-state index in [4.69, 9.17) is 19.2 Å². The highest BCUT2D eigenvalue weighted by Crippen LogP contribution is 2.24. The maximum Gasteiger partial charge on any atom is 0.402 e. The molecule has 6 nitrogen and oxygen atoms in total. The van der Waals surface area contributed by atoms with Crippen molar-refractivity contribution in [3.63, 3.8) is 0 Å². The van der Waals surface area contributed by atoms with Crippen LogP contribution in [0.5, 0.6) is 5.75 Å². The van der Waals surface area contributed by atoms with Crippen LogP contribution >= 0.6 is 0 Å². The van der Waals surface area contributed by atoms with Crippen molar-refractivity contribution < 1.29 is 19.2 Å². The zero-order valence-electron chi connectivity index (χ0n) is 15.7. The SMILES string of the molecule is CC(C)(C)c1ccc(COc2ccc(-c3ccon3)cc2)cc1.NC(=O)O. The molecule has 0 saturated carbocycles. The molecule has 0 unspecified atom stereocenters. The Balaban J connectivity index is 0.000000596. The molecule has 3 rings (SSSR count). The van der Waals surface area contributed by atoms with E-state index in [1.807, 2.05) is 30.3 Å². The van der Waals surface area contributed by atoms with E-state index in [9.17, 15) is 0 Å². The van der Waals surface area contributed by atoms with Crippen molar-refractivity contribution in [2.45, 2.75) is 32.8 Å². The first-order chi connectivity index (χ1) is 12.8. The summed E-state index contributed by atoms with van der Waals surface area (Å²) in [6.45, 7) is 7.21. The smallest absolute Gasteiger partial charge is 0.402 e. The molecule has 6 heteroatoms. The summed E-state index contributed by atoms with van der Waals surface area (Å²) < 4.78 is 10.7. The van der Waals surface area contributed by atoms with Crippen LogP contribution in [-0.2, 0) is 12.0 Å². The monoisotopic (exact) mass is 368 g/mol. The molecule has 3 aromatic rings. The number of primary amides is 1. The van der Waals surface area contributed by atoms with Gasteiger partial charge in [-0.05, 0) is 40.8 Å². The molecule has 0 bridgehead atoms. The third-order valence-electron chi connectivity index (χ3n) is 3.81. The number of ether oxygens (including phenoxy) is 1. The highest BCUT2D eigenvalue weighted by Gasteiger charge is 2.12. The lowest BCUT2D eigenvalue weighted by molar-refractivity contribution is 0.205. The standard InChI is InChI=1S/C20H21NO2.CH3NO2/c1-20(2,3)17-8-4-15(5-9-17)14-22-18-10-6-16(7-11-18)19-12-13-23-21-19;2-1(3)4/h4-13H,14H2,1-3H3;2H2,(H,3,4). The zero-order valence-corrected chi connectivity index (χ0v) is 15.7. The van der Waals surface area contributed by atoms with E-state index in [-0.39, 0.29) is 5.41 Å². The highest BCUT2D eigenvalue weighted by molar-refractivity contribution is 5.61. The number of carbonyl (C=O) groups is 1. The summed E-state index contributed by atoms with van der Waals surface area (Å²) in [5.41, 5.74) is 8.54. The van der Waals surface area contributed by atoms with Crippen molar-refractivity contribution in [2.75, 3.05) is 0 Å². The Hall–Kier alpha value is -3.28. The minimum Gasteiger partial charge on any atom is -0.489 e. The van der Waals surface area contributed by atoms with Crippen molar-refractivity contribution >= 4 is 6.09 Å². The van der Waals surface area contributed by atoms with E-state index < -0.39 is 6.09 Å². The van der Waals surface area contributed by atoms with Crippen LogP contribution in [0.15, 0.2) is 65.4 Å². The van der Waals surface area contributed by atoms with Crippen molar-refractivity contribution in [1.82, 2.24) is 5.16 Å². The summed E-state index contributed by atoms with van der Waals surface area (Å²) in [4.78, 5) is 8.78. The van der Waals surface area contributed by atoms with Gasteiger partial charge in [-0.15, -0.1) is 0 Å². The van der Waals surface area contributed by atoms with Gasteiger partial charge in [0.25, 0.3) is 0 Å². The highest BCUT2D eigenvalue weighted by atomic mass is 16.5. The van der Waals surface area contributed by atoms with Gasteiger partial charge < -0.3 is 20.1 Å². The molecule has 142 valence electrons. The topological polar surface area (TPSA) is 98.6 Å². The number of amides is 1. The maximum absolute atomic E-state index is 8.78. The summed E-state index contributed by atoms with van der Waals surface area (Å²) in [6.07, 6.45) is 0.237. The second-order valence-electron chi connectivity index (χ2n) is 6.98. The van der Waals surface area contributed by atoms with Gasteiger partial charge >= 0.3 is 6.09 Å². The molecule has 0 aliphatic heterocycles. The first-order valence-corrected chi connectivity index (χ1v) is 8.47. The van der Waals surface area contributed by atoms with E-state index in [1.54, 1.807) is 6.26 Å². The molecule has 1 aromatic heterocycles. The molecule has 0 atom stereocenters. The number of nitrogens with two attached hydrogens (primary N) is 1. The fourth-order valence-electron chi connectivity index (χ4n) is 2.35. The number of carboxylic acid groups (broad SMARTS) is 1. The number of hydrogen-bond donors (Lipinski definition) is 2. The lowest BCUT2D eigenvalue weighted by Crippen LogP contribution is -2.10. The van der Waals surface area contributed by atoms with Crippen LogP contribution in [0.1, 0.15) is 31.9 Å². The van der Waals surface area contributed by atoms with Crippen LogP contribution in [-0.4, -0.2) is 16.4 Å². The fourth-order valence-corrected chi connectivity index (χ4v) is 2.35. The Bertz CT molecular complexity index is 829. The number of aromatic nitrogens is 1.